The van der Waals surface area contributed by atoms with Crippen molar-refractivity contribution >= 4 is 12.4 Å². The van der Waals surface area contributed by atoms with Gasteiger partial charge in [-0.2, -0.15) is 0 Å². The molecule has 2 bridgehead atoms. The Morgan fingerprint density at radius 2 is 2.10 bits per heavy atom. The van der Waals surface area contributed by atoms with E-state index in [1.165, 1.54) is 0 Å². The fourth-order valence-electron chi connectivity index (χ4n) is 2.96. The van der Waals surface area contributed by atoms with Crippen LogP contribution in [0.3, 0.4) is 0 Å². The highest BCUT2D eigenvalue weighted by atomic mass is 16.6. The van der Waals surface area contributed by atoms with Crippen molar-refractivity contribution in [3.05, 3.63) is 48.0 Å². The molecular weight excluding hydrogens is 254 g/mol. The van der Waals surface area contributed by atoms with E-state index in [0.717, 1.165) is 18.3 Å². The summed E-state index contributed by atoms with van der Waals surface area (Å²) in [7, 11) is 0. The summed E-state index contributed by atoms with van der Waals surface area (Å²) in [6.45, 7) is 0.919. The molecule has 1 aliphatic carbocycles. The van der Waals surface area contributed by atoms with Crippen molar-refractivity contribution in [1.29, 1.82) is 0 Å². The molecule has 0 spiro atoms. The lowest BCUT2D eigenvalue weighted by molar-refractivity contribution is -0.114. The summed E-state index contributed by atoms with van der Waals surface area (Å²) in [6.07, 6.45) is 5.52. The van der Waals surface area contributed by atoms with Gasteiger partial charge in [-0.25, -0.2) is 4.79 Å². The van der Waals surface area contributed by atoms with E-state index in [9.17, 15) is 9.59 Å². The second-order valence-electron chi connectivity index (χ2n) is 5.36. The zero-order valence-electron chi connectivity index (χ0n) is 11.1. The Balaban J connectivity index is 1.63. The van der Waals surface area contributed by atoms with E-state index in [-0.39, 0.29) is 30.6 Å². The third-order valence-electron chi connectivity index (χ3n) is 4.00. The number of benzene rings is 1. The van der Waals surface area contributed by atoms with E-state index in [2.05, 4.69) is 6.08 Å². The molecule has 4 nitrogen and oxygen atoms in total. The first-order valence-corrected chi connectivity index (χ1v) is 6.89. The van der Waals surface area contributed by atoms with Crippen molar-refractivity contribution < 1.29 is 14.3 Å². The maximum absolute atomic E-state index is 12.2. The van der Waals surface area contributed by atoms with Crippen molar-refractivity contribution in [1.82, 2.24) is 4.90 Å². The van der Waals surface area contributed by atoms with Gasteiger partial charge in [0.2, 0.25) is 0 Å². The number of rotatable bonds is 3. The van der Waals surface area contributed by atoms with Gasteiger partial charge in [0.1, 0.15) is 12.9 Å². The van der Waals surface area contributed by atoms with Crippen LogP contribution in [0.4, 0.5) is 4.79 Å². The van der Waals surface area contributed by atoms with Crippen LogP contribution >= 0.6 is 0 Å². The van der Waals surface area contributed by atoms with Gasteiger partial charge in [0, 0.05) is 12.5 Å². The van der Waals surface area contributed by atoms with Crippen molar-refractivity contribution in [3.63, 3.8) is 0 Å². The van der Waals surface area contributed by atoms with Gasteiger partial charge in [0.05, 0.1) is 6.04 Å². The van der Waals surface area contributed by atoms with Gasteiger partial charge in [0.25, 0.3) is 0 Å². The number of hydrogen-bond acceptors (Lipinski definition) is 3. The fraction of sp³-hybridized carbons (Fsp3) is 0.375. The Morgan fingerprint density at radius 3 is 2.80 bits per heavy atom. The van der Waals surface area contributed by atoms with E-state index in [1.807, 2.05) is 36.4 Å². The number of amides is 1. The monoisotopic (exact) mass is 271 g/mol. The molecule has 3 atom stereocenters. The van der Waals surface area contributed by atoms with Gasteiger partial charge in [-0.1, -0.05) is 42.5 Å². The number of nitrogens with zero attached hydrogens (tertiary/aromatic N) is 1. The minimum absolute atomic E-state index is 0.0944. The zero-order valence-corrected chi connectivity index (χ0v) is 11.1. The van der Waals surface area contributed by atoms with Crippen LogP contribution in [0.1, 0.15) is 12.0 Å². The summed E-state index contributed by atoms with van der Waals surface area (Å²) in [5.74, 6) is 0.183. The molecule has 2 heterocycles. The maximum atomic E-state index is 12.2. The smallest absolute Gasteiger partial charge is 0.410 e. The van der Waals surface area contributed by atoms with Crippen LogP contribution in [0.25, 0.3) is 0 Å². The van der Waals surface area contributed by atoms with Gasteiger partial charge in [-0.15, -0.1) is 0 Å². The van der Waals surface area contributed by atoms with Crippen molar-refractivity contribution in [2.45, 2.75) is 19.1 Å². The average molecular weight is 271 g/mol. The van der Waals surface area contributed by atoms with E-state index in [1.54, 1.807) is 4.90 Å². The normalized spacial score (nSPS) is 27.4. The molecule has 0 saturated carbocycles. The second kappa shape index (κ2) is 5.49. The number of carbonyl (C=O) groups excluding carboxylic acids is 2. The van der Waals surface area contributed by atoms with Crippen LogP contribution in [0.5, 0.6) is 0 Å². The van der Waals surface area contributed by atoms with E-state index in [0.29, 0.717) is 6.54 Å². The minimum atomic E-state index is -0.334. The van der Waals surface area contributed by atoms with Crippen LogP contribution in [0.2, 0.25) is 0 Å². The predicted octanol–water partition coefficient (Wildman–Crippen LogP) is 2.40. The predicted molar refractivity (Wildman–Crippen MR) is 73.9 cm³/mol. The summed E-state index contributed by atoms with van der Waals surface area (Å²) < 4.78 is 5.35. The van der Waals surface area contributed by atoms with Crippen molar-refractivity contribution in [2.24, 2.45) is 11.8 Å². The lowest BCUT2D eigenvalue weighted by Gasteiger charge is -2.43. The first kappa shape index (κ1) is 12.9. The molecule has 1 saturated heterocycles. The Labute approximate surface area is 118 Å². The number of hydrogen-bond donors (Lipinski definition) is 0. The lowest BCUT2D eigenvalue weighted by Crippen LogP contribution is -2.53. The molecule has 3 aliphatic rings. The SMILES string of the molecule is O=C[C@H]1CC2C=CC1N(C(=O)OCc1ccccc1)C2. The molecule has 104 valence electrons. The molecule has 0 N–H and O–H groups in total. The van der Waals surface area contributed by atoms with Crippen LogP contribution in [0, 0.1) is 11.8 Å². The van der Waals surface area contributed by atoms with Gasteiger partial charge in [-0.05, 0) is 17.9 Å². The zero-order chi connectivity index (χ0) is 13.9. The molecular formula is C16H17NO3. The molecule has 1 aromatic rings. The van der Waals surface area contributed by atoms with Gasteiger partial charge < -0.3 is 14.4 Å². The Kier molecular flexibility index (Phi) is 3.54. The van der Waals surface area contributed by atoms with Crippen LogP contribution in [0.15, 0.2) is 42.5 Å². The molecule has 0 radical (unpaired) electrons. The van der Waals surface area contributed by atoms with E-state index in [4.69, 9.17) is 4.74 Å². The van der Waals surface area contributed by atoms with Crippen LogP contribution in [-0.4, -0.2) is 29.9 Å². The minimum Gasteiger partial charge on any atom is -0.445 e. The highest BCUT2D eigenvalue weighted by Gasteiger charge is 2.40. The van der Waals surface area contributed by atoms with Gasteiger partial charge in [-0.3, -0.25) is 0 Å². The Morgan fingerprint density at radius 1 is 1.30 bits per heavy atom. The quantitative estimate of drug-likeness (QED) is 0.626. The molecule has 2 unspecified atom stereocenters. The number of fused-ring (bicyclic) bond motifs is 2. The third-order valence-corrected chi connectivity index (χ3v) is 4.00. The first-order chi connectivity index (χ1) is 9.78. The van der Waals surface area contributed by atoms with Crippen molar-refractivity contribution in [2.75, 3.05) is 6.54 Å². The van der Waals surface area contributed by atoms with Gasteiger partial charge >= 0.3 is 6.09 Å². The standard InChI is InChI=1S/C16H17NO3/c18-10-14-8-13-6-7-15(14)17(9-13)16(19)20-11-12-4-2-1-3-5-12/h1-7,10,13-15H,8-9,11H2/t13?,14-,15?/m1/s1. The topological polar surface area (TPSA) is 46.6 Å². The summed E-state index contributed by atoms with van der Waals surface area (Å²) >= 11 is 0. The summed E-state index contributed by atoms with van der Waals surface area (Å²) in [5, 5.41) is 0. The van der Waals surface area contributed by atoms with Crippen LogP contribution in [-0.2, 0) is 16.1 Å². The third kappa shape index (κ3) is 2.46. The number of piperidine rings is 1. The molecule has 1 aromatic carbocycles. The molecule has 20 heavy (non-hydrogen) atoms. The Hall–Kier alpha value is -2.10. The van der Waals surface area contributed by atoms with E-state index < -0.39 is 0 Å². The molecule has 4 rings (SSSR count). The summed E-state index contributed by atoms with van der Waals surface area (Å²) in [6, 6.07) is 9.46. The van der Waals surface area contributed by atoms with Crippen molar-refractivity contribution in [3.8, 4) is 0 Å². The van der Waals surface area contributed by atoms with E-state index >= 15 is 0 Å². The highest BCUT2D eigenvalue weighted by molar-refractivity contribution is 5.71. The number of aldehydes is 1. The Bertz CT molecular complexity index is 526. The highest BCUT2D eigenvalue weighted by Crippen LogP contribution is 2.33. The molecule has 1 fully saturated rings. The second-order valence-corrected chi connectivity index (χ2v) is 5.36. The van der Waals surface area contributed by atoms with Gasteiger partial charge in [0.15, 0.2) is 0 Å². The molecule has 2 aliphatic heterocycles. The summed E-state index contributed by atoms with van der Waals surface area (Å²) in [4.78, 5) is 24.9. The first-order valence-electron chi connectivity index (χ1n) is 6.89. The fourth-order valence-corrected chi connectivity index (χ4v) is 2.96. The summed E-state index contributed by atoms with van der Waals surface area (Å²) in [5.41, 5.74) is 0.963. The molecule has 0 aromatic heterocycles. The number of carbonyl (C=O) groups is 2. The molecule has 4 heteroatoms. The van der Waals surface area contributed by atoms with Crippen LogP contribution < -0.4 is 0 Å². The average Bonchev–Trinajstić information content (AvgIpc) is 2.53. The molecule has 1 amide bonds. The lowest BCUT2D eigenvalue weighted by atomic mass is 9.78. The number of ether oxygens (including phenoxy) is 1. The largest absolute Gasteiger partial charge is 0.445 e. The maximum Gasteiger partial charge on any atom is 0.410 e.